The van der Waals surface area contributed by atoms with E-state index in [2.05, 4.69) is 4.90 Å². The van der Waals surface area contributed by atoms with Gasteiger partial charge >= 0.3 is 11.9 Å². The van der Waals surface area contributed by atoms with Gasteiger partial charge in [-0.1, -0.05) is 18.2 Å². The van der Waals surface area contributed by atoms with Gasteiger partial charge in [0.25, 0.3) is 0 Å². The van der Waals surface area contributed by atoms with Crippen molar-refractivity contribution < 1.29 is 28.5 Å². The lowest BCUT2D eigenvalue weighted by Gasteiger charge is -2.35. The van der Waals surface area contributed by atoms with E-state index in [1.807, 2.05) is 45.0 Å². The molecular formula is C22H31NO6. The third-order valence-electron chi connectivity index (χ3n) is 5.67. The van der Waals surface area contributed by atoms with Crippen LogP contribution >= 0.6 is 0 Å². The molecule has 0 unspecified atom stereocenters. The molecule has 2 saturated heterocycles. The largest absolute Gasteiger partial charge is 0.469 e. The summed E-state index contributed by atoms with van der Waals surface area (Å²) in [6, 6.07) is 7.25. The summed E-state index contributed by atoms with van der Waals surface area (Å²) in [5.74, 6) is -0.441. The Morgan fingerprint density at radius 1 is 1.21 bits per heavy atom. The Bertz CT molecular complexity index is 758. The van der Waals surface area contributed by atoms with Crippen LogP contribution in [0.3, 0.4) is 0 Å². The predicted molar refractivity (Wildman–Crippen MR) is 106 cm³/mol. The first-order valence-corrected chi connectivity index (χ1v) is 10.0. The fourth-order valence-electron chi connectivity index (χ4n) is 4.62. The zero-order valence-electron chi connectivity index (χ0n) is 17.9. The maximum atomic E-state index is 13.3. The van der Waals surface area contributed by atoms with Crippen molar-refractivity contribution in [3.8, 4) is 5.75 Å². The minimum Gasteiger partial charge on any atom is -0.469 e. The summed E-state index contributed by atoms with van der Waals surface area (Å²) < 4.78 is 21.7. The van der Waals surface area contributed by atoms with Gasteiger partial charge in [0.15, 0.2) is 6.79 Å². The summed E-state index contributed by atoms with van der Waals surface area (Å²) in [5.41, 5.74) is -0.573. The summed E-state index contributed by atoms with van der Waals surface area (Å²) in [4.78, 5) is 28.1. The number of carbonyl (C=O) groups excluding carboxylic acids is 2. The molecule has 0 amide bonds. The topological polar surface area (TPSA) is 74.3 Å². The number of nitrogens with zero attached hydrogens (tertiary/aromatic N) is 1. The monoisotopic (exact) mass is 405 g/mol. The van der Waals surface area contributed by atoms with Crippen LogP contribution in [0.4, 0.5) is 0 Å². The van der Waals surface area contributed by atoms with Gasteiger partial charge in [-0.3, -0.25) is 14.5 Å². The van der Waals surface area contributed by atoms with Crippen molar-refractivity contribution in [3.63, 3.8) is 0 Å². The molecule has 3 atom stereocenters. The zero-order valence-corrected chi connectivity index (χ0v) is 17.9. The van der Waals surface area contributed by atoms with E-state index in [4.69, 9.17) is 18.9 Å². The molecule has 0 spiro atoms. The highest BCUT2D eigenvalue weighted by atomic mass is 16.7. The fraction of sp³-hybridized carbons (Fsp3) is 0.636. The molecule has 0 aromatic heterocycles. The van der Waals surface area contributed by atoms with E-state index in [9.17, 15) is 9.59 Å². The van der Waals surface area contributed by atoms with E-state index in [1.165, 1.54) is 7.11 Å². The minimum absolute atomic E-state index is 0.101. The van der Waals surface area contributed by atoms with Crippen LogP contribution in [0.25, 0.3) is 0 Å². The average molecular weight is 405 g/mol. The number of hydrogen-bond donors (Lipinski definition) is 0. The summed E-state index contributed by atoms with van der Waals surface area (Å²) in [7, 11) is 2.94. The molecule has 2 aliphatic rings. The number of fused-ring (bicyclic) bond motifs is 1. The maximum Gasteiger partial charge on any atom is 0.327 e. The third-order valence-corrected chi connectivity index (χ3v) is 5.67. The van der Waals surface area contributed by atoms with E-state index >= 15 is 0 Å². The van der Waals surface area contributed by atoms with Crippen molar-refractivity contribution >= 4 is 11.9 Å². The van der Waals surface area contributed by atoms with Crippen LogP contribution in [0.2, 0.25) is 0 Å². The number of rotatable bonds is 6. The van der Waals surface area contributed by atoms with Gasteiger partial charge in [-0.25, -0.2) is 0 Å². The first-order chi connectivity index (χ1) is 13.7. The molecule has 2 heterocycles. The molecule has 0 saturated carbocycles. The SMILES string of the molecule is COCOc1ccccc1[C@H]1[C@@H](C(=O)OC)C[C@]2(C(=O)OC(C)(C)C)CCCN12. The van der Waals surface area contributed by atoms with Gasteiger partial charge in [-0.15, -0.1) is 0 Å². The normalized spacial score (nSPS) is 26.8. The molecule has 7 heteroatoms. The van der Waals surface area contributed by atoms with Crippen LogP contribution in [0, 0.1) is 5.92 Å². The van der Waals surface area contributed by atoms with Gasteiger partial charge in [-0.05, 0) is 52.6 Å². The number of benzene rings is 1. The lowest BCUT2D eigenvalue weighted by molar-refractivity contribution is -0.167. The lowest BCUT2D eigenvalue weighted by atomic mass is 9.86. The minimum atomic E-state index is -0.828. The molecule has 0 bridgehead atoms. The molecular weight excluding hydrogens is 374 g/mol. The first-order valence-electron chi connectivity index (χ1n) is 10.0. The van der Waals surface area contributed by atoms with Crippen molar-refractivity contribution in [2.45, 2.75) is 57.2 Å². The summed E-state index contributed by atoms with van der Waals surface area (Å²) >= 11 is 0. The molecule has 1 aromatic rings. The Morgan fingerprint density at radius 2 is 1.93 bits per heavy atom. The van der Waals surface area contributed by atoms with Crippen molar-refractivity contribution in [2.24, 2.45) is 5.92 Å². The first kappa shape index (κ1) is 21.6. The van der Waals surface area contributed by atoms with Crippen molar-refractivity contribution in [2.75, 3.05) is 27.6 Å². The molecule has 160 valence electrons. The van der Waals surface area contributed by atoms with Crippen LogP contribution in [-0.4, -0.2) is 55.5 Å². The number of ether oxygens (including phenoxy) is 4. The lowest BCUT2D eigenvalue weighted by Crippen LogP contribution is -2.49. The van der Waals surface area contributed by atoms with Crippen LogP contribution in [-0.2, 0) is 23.8 Å². The summed E-state index contributed by atoms with van der Waals surface area (Å²) in [5, 5.41) is 0. The Morgan fingerprint density at radius 3 is 2.59 bits per heavy atom. The number of para-hydroxylation sites is 1. The van der Waals surface area contributed by atoms with E-state index < -0.39 is 17.1 Å². The average Bonchev–Trinajstić information content (AvgIpc) is 3.22. The van der Waals surface area contributed by atoms with Gasteiger partial charge in [0.1, 0.15) is 16.9 Å². The number of methoxy groups -OCH3 is 2. The summed E-state index contributed by atoms with van der Waals surface area (Å²) in [6.07, 6.45) is 1.90. The van der Waals surface area contributed by atoms with Crippen LogP contribution in [0.5, 0.6) is 5.75 Å². The molecule has 0 radical (unpaired) electrons. The van der Waals surface area contributed by atoms with Gasteiger partial charge in [-0.2, -0.15) is 0 Å². The van der Waals surface area contributed by atoms with Crippen LogP contribution in [0.1, 0.15) is 51.6 Å². The van der Waals surface area contributed by atoms with Gasteiger partial charge in [0.2, 0.25) is 0 Å². The highest BCUT2D eigenvalue weighted by molar-refractivity contribution is 5.85. The van der Waals surface area contributed by atoms with E-state index in [0.717, 1.165) is 12.0 Å². The molecule has 29 heavy (non-hydrogen) atoms. The zero-order chi connectivity index (χ0) is 21.2. The second-order valence-corrected chi connectivity index (χ2v) is 8.70. The van der Waals surface area contributed by atoms with Gasteiger partial charge < -0.3 is 18.9 Å². The predicted octanol–water partition coefficient (Wildman–Crippen LogP) is 3.08. The van der Waals surface area contributed by atoms with E-state index in [1.54, 1.807) is 7.11 Å². The smallest absolute Gasteiger partial charge is 0.327 e. The Balaban J connectivity index is 2.04. The standard InChI is InChI=1S/C22H31NO6/c1-21(2,3)29-20(25)22-11-8-12-23(22)18(16(13-22)19(24)27-5)15-9-6-7-10-17(15)28-14-26-4/h6-7,9-10,16,18H,8,11-14H2,1-5H3/t16-,18-,22-/m0/s1. The highest BCUT2D eigenvalue weighted by Crippen LogP contribution is 2.54. The van der Waals surface area contributed by atoms with E-state index in [0.29, 0.717) is 25.1 Å². The molecule has 0 aliphatic carbocycles. The number of hydrogen-bond acceptors (Lipinski definition) is 7. The number of esters is 2. The second kappa shape index (κ2) is 8.32. The Labute approximate surface area is 172 Å². The van der Waals surface area contributed by atoms with Crippen molar-refractivity contribution in [1.82, 2.24) is 4.90 Å². The van der Waals surface area contributed by atoms with Crippen molar-refractivity contribution in [1.29, 1.82) is 0 Å². The number of carbonyl (C=O) groups is 2. The van der Waals surface area contributed by atoms with Crippen molar-refractivity contribution in [3.05, 3.63) is 29.8 Å². The fourth-order valence-corrected chi connectivity index (χ4v) is 4.62. The quantitative estimate of drug-likeness (QED) is 0.532. The Kier molecular flexibility index (Phi) is 6.19. The second-order valence-electron chi connectivity index (χ2n) is 8.70. The van der Waals surface area contributed by atoms with Gasteiger partial charge in [0, 0.05) is 12.7 Å². The third kappa shape index (κ3) is 4.12. The molecule has 0 N–H and O–H groups in total. The molecule has 2 fully saturated rings. The molecule has 2 aliphatic heterocycles. The van der Waals surface area contributed by atoms with Gasteiger partial charge in [0.05, 0.1) is 19.1 Å². The Hall–Kier alpha value is -2.12. The van der Waals surface area contributed by atoms with Crippen LogP contribution < -0.4 is 4.74 Å². The molecule has 1 aromatic carbocycles. The van der Waals surface area contributed by atoms with Crippen LogP contribution in [0.15, 0.2) is 24.3 Å². The molecule has 7 nitrogen and oxygen atoms in total. The maximum absolute atomic E-state index is 13.3. The van der Waals surface area contributed by atoms with E-state index in [-0.39, 0.29) is 24.8 Å². The molecule has 3 rings (SSSR count). The summed E-state index contributed by atoms with van der Waals surface area (Å²) in [6.45, 7) is 6.39. The highest BCUT2D eigenvalue weighted by Gasteiger charge is 2.62.